The number of aromatic nitrogens is 3. The first-order valence-corrected chi connectivity index (χ1v) is 11.9. The summed E-state index contributed by atoms with van der Waals surface area (Å²) in [4.78, 5) is 1.72. The van der Waals surface area contributed by atoms with E-state index in [9.17, 15) is 0 Å². The van der Waals surface area contributed by atoms with Crippen molar-refractivity contribution in [3.8, 4) is 5.75 Å². The third-order valence-corrected chi connectivity index (χ3v) is 6.58. The molecule has 0 bridgehead atoms. The molecule has 1 saturated heterocycles. The average Bonchev–Trinajstić information content (AvgIpc) is 3.42. The topological polar surface area (TPSA) is 44.4 Å². The Kier molecular flexibility index (Phi) is 7.43. The Hall–Kier alpha value is -2.31. The van der Waals surface area contributed by atoms with Gasteiger partial charge in [0.15, 0.2) is 11.0 Å². The van der Waals surface area contributed by atoms with Crippen molar-refractivity contribution in [3.63, 3.8) is 0 Å². The largest absolute Gasteiger partial charge is 0.486 e. The maximum Gasteiger partial charge on any atom is 0.191 e. The molecule has 0 spiro atoms. The van der Waals surface area contributed by atoms with E-state index in [0.717, 1.165) is 35.4 Å². The molecule has 0 radical (unpaired) electrons. The number of nitrogens with one attached hydrogen (secondary N) is 1. The highest BCUT2D eigenvalue weighted by molar-refractivity contribution is 7.99. The van der Waals surface area contributed by atoms with Gasteiger partial charge in [-0.2, -0.15) is 0 Å². The Balaban J connectivity index is 1.42. The summed E-state index contributed by atoms with van der Waals surface area (Å²) in [5.41, 5.74) is 2.52. The summed E-state index contributed by atoms with van der Waals surface area (Å²) in [6.07, 6.45) is 3.70. The zero-order chi connectivity index (χ0) is 20.6. The van der Waals surface area contributed by atoms with Crippen molar-refractivity contribution >= 4 is 11.8 Å². The number of likely N-dealkylation sites (tertiary alicyclic amines) is 1. The van der Waals surface area contributed by atoms with Crippen molar-refractivity contribution in [2.45, 2.75) is 44.5 Å². The highest BCUT2D eigenvalue weighted by atomic mass is 32.2. The van der Waals surface area contributed by atoms with Crippen LogP contribution in [0.3, 0.4) is 0 Å². The molecule has 6 heteroatoms. The van der Waals surface area contributed by atoms with Crippen molar-refractivity contribution < 1.29 is 9.64 Å². The highest BCUT2D eigenvalue weighted by Crippen LogP contribution is 2.20. The van der Waals surface area contributed by atoms with E-state index in [2.05, 4.69) is 64.2 Å². The minimum absolute atomic E-state index is 0.434. The number of ether oxygens (including phenoxy) is 1. The number of hydrogen-bond acceptors (Lipinski definition) is 4. The number of rotatable bonds is 10. The Bertz CT molecular complexity index is 922. The summed E-state index contributed by atoms with van der Waals surface area (Å²) >= 11 is 1.83. The van der Waals surface area contributed by atoms with Crippen LogP contribution < -0.4 is 9.64 Å². The number of aryl methyl sites for hydroxylation is 2. The van der Waals surface area contributed by atoms with Gasteiger partial charge in [-0.3, -0.25) is 0 Å². The molecule has 0 amide bonds. The maximum absolute atomic E-state index is 6.03. The van der Waals surface area contributed by atoms with E-state index in [1.165, 1.54) is 43.6 Å². The zero-order valence-electron chi connectivity index (χ0n) is 17.7. The van der Waals surface area contributed by atoms with Crippen molar-refractivity contribution in [2.75, 3.05) is 25.4 Å². The Morgan fingerprint density at radius 3 is 2.67 bits per heavy atom. The number of benzene rings is 2. The minimum atomic E-state index is 0.434. The molecule has 0 saturated carbocycles. The van der Waals surface area contributed by atoms with Gasteiger partial charge in [-0.05, 0) is 36.6 Å². The molecule has 2 aromatic carbocycles. The summed E-state index contributed by atoms with van der Waals surface area (Å²) in [7, 11) is 0. The summed E-state index contributed by atoms with van der Waals surface area (Å²) in [5, 5.41) is 9.99. The molecule has 1 N–H and O–H groups in total. The number of thioether (sulfide) groups is 1. The van der Waals surface area contributed by atoms with E-state index in [-0.39, 0.29) is 0 Å². The van der Waals surface area contributed by atoms with Crippen LogP contribution in [0.25, 0.3) is 0 Å². The van der Waals surface area contributed by atoms with Crippen LogP contribution in [-0.4, -0.2) is 40.2 Å². The van der Waals surface area contributed by atoms with Gasteiger partial charge in [0.25, 0.3) is 0 Å². The van der Waals surface area contributed by atoms with E-state index in [4.69, 9.17) is 4.74 Å². The van der Waals surface area contributed by atoms with Gasteiger partial charge in [0.1, 0.15) is 12.4 Å². The fraction of sp³-hybridized carbons (Fsp3) is 0.417. The quantitative estimate of drug-likeness (QED) is 0.509. The number of nitrogens with zero attached hydrogens (tertiary/aromatic N) is 3. The molecule has 4 rings (SSSR count). The summed E-state index contributed by atoms with van der Waals surface area (Å²) in [6.45, 7) is 7.21. The van der Waals surface area contributed by atoms with Gasteiger partial charge in [0.2, 0.25) is 0 Å². The van der Waals surface area contributed by atoms with Crippen molar-refractivity contribution in [1.82, 2.24) is 14.8 Å². The van der Waals surface area contributed by atoms with Crippen molar-refractivity contribution in [1.29, 1.82) is 0 Å². The van der Waals surface area contributed by atoms with E-state index >= 15 is 0 Å². The zero-order valence-corrected chi connectivity index (χ0v) is 18.5. The molecule has 1 aliphatic rings. The molecule has 0 atom stereocenters. The van der Waals surface area contributed by atoms with E-state index in [1.54, 1.807) is 4.90 Å². The lowest BCUT2D eigenvalue weighted by Crippen LogP contribution is -3.10. The summed E-state index contributed by atoms with van der Waals surface area (Å²) in [6, 6.07) is 18.7. The maximum atomic E-state index is 6.03. The van der Waals surface area contributed by atoms with Crippen LogP contribution in [0, 0.1) is 6.92 Å². The first-order valence-electron chi connectivity index (χ1n) is 10.9. The third kappa shape index (κ3) is 5.86. The SMILES string of the molecule is Cc1cccc(OCc2nnc(SCC[NH+]3CCCC3)n2CCc2ccccc2)c1. The molecule has 158 valence electrons. The van der Waals surface area contributed by atoms with Gasteiger partial charge in [-0.1, -0.05) is 54.2 Å². The summed E-state index contributed by atoms with van der Waals surface area (Å²) in [5.74, 6) is 2.85. The molecule has 0 aliphatic carbocycles. The Morgan fingerprint density at radius 2 is 1.87 bits per heavy atom. The van der Waals surface area contributed by atoms with Crippen molar-refractivity contribution in [3.05, 3.63) is 71.5 Å². The van der Waals surface area contributed by atoms with Crippen LogP contribution in [0.5, 0.6) is 5.75 Å². The van der Waals surface area contributed by atoms with Gasteiger partial charge in [-0.25, -0.2) is 0 Å². The lowest BCUT2D eigenvalue weighted by molar-refractivity contribution is -0.884. The fourth-order valence-electron chi connectivity index (χ4n) is 3.91. The van der Waals surface area contributed by atoms with Gasteiger partial charge in [-0.15, -0.1) is 10.2 Å². The molecule has 3 aromatic rings. The van der Waals surface area contributed by atoms with Crippen LogP contribution in [0.2, 0.25) is 0 Å². The third-order valence-electron chi connectivity index (χ3n) is 5.62. The molecule has 0 unspecified atom stereocenters. The smallest absolute Gasteiger partial charge is 0.191 e. The molecule has 1 aromatic heterocycles. The second kappa shape index (κ2) is 10.6. The standard InChI is InChI=1S/C24H30N4OS/c1-20-8-7-11-22(18-20)29-19-23-25-26-24(30-17-16-27-13-5-6-14-27)28(23)15-12-21-9-3-2-4-10-21/h2-4,7-11,18H,5-6,12-17,19H2,1H3/p+1. The van der Waals surface area contributed by atoms with Crippen LogP contribution in [0.15, 0.2) is 59.8 Å². The van der Waals surface area contributed by atoms with E-state index < -0.39 is 0 Å². The van der Waals surface area contributed by atoms with Crippen LogP contribution in [0.1, 0.15) is 29.8 Å². The molecule has 2 heterocycles. The minimum Gasteiger partial charge on any atom is -0.486 e. The second-order valence-electron chi connectivity index (χ2n) is 7.95. The van der Waals surface area contributed by atoms with Crippen LogP contribution in [-0.2, 0) is 19.6 Å². The average molecular weight is 424 g/mol. The van der Waals surface area contributed by atoms with E-state index in [0.29, 0.717) is 6.61 Å². The highest BCUT2D eigenvalue weighted by Gasteiger charge is 2.17. The van der Waals surface area contributed by atoms with Gasteiger partial charge >= 0.3 is 0 Å². The first kappa shape index (κ1) is 20.9. The lowest BCUT2D eigenvalue weighted by atomic mass is 10.1. The molecule has 1 fully saturated rings. The molecular weight excluding hydrogens is 392 g/mol. The van der Waals surface area contributed by atoms with Gasteiger partial charge in [0.05, 0.1) is 25.4 Å². The van der Waals surface area contributed by atoms with Crippen LogP contribution in [0.4, 0.5) is 0 Å². The number of quaternary nitrogens is 1. The molecular formula is C24H31N4OS+. The van der Waals surface area contributed by atoms with Crippen LogP contribution >= 0.6 is 11.8 Å². The van der Waals surface area contributed by atoms with Crippen molar-refractivity contribution in [2.24, 2.45) is 0 Å². The normalized spacial score (nSPS) is 14.3. The summed E-state index contributed by atoms with van der Waals surface area (Å²) < 4.78 is 8.27. The fourth-order valence-corrected chi connectivity index (χ4v) is 4.93. The monoisotopic (exact) mass is 423 g/mol. The predicted octanol–water partition coefficient (Wildman–Crippen LogP) is 3.18. The number of hydrogen-bond donors (Lipinski definition) is 1. The predicted molar refractivity (Wildman–Crippen MR) is 121 cm³/mol. The second-order valence-corrected chi connectivity index (χ2v) is 9.01. The van der Waals surface area contributed by atoms with Gasteiger partial charge in [0, 0.05) is 19.4 Å². The van der Waals surface area contributed by atoms with Gasteiger partial charge < -0.3 is 14.2 Å². The Morgan fingerprint density at radius 1 is 1.03 bits per heavy atom. The Labute approximate surface area is 183 Å². The molecule has 1 aliphatic heterocycles. The first-order chi connectivity index (χ1) is 14.8. The molecule has 30 heavy (non-hydrogen) atoms. The lowest BCUT2D eigenvalue weighted by Gasteiger charge is -2.13. The molecule has 5 nitrogen and oxygen atoms in total. The van der Waals surface area contributed by atoms with E-state index in [1.807, 2.05) is 23.9 Å².